The third-order valence-electron chi connectivity index (χ3n) is 5.25. The van der Waals surface area contributed by atoms with Crippen LogP contribution in [0.1, 0.15) is 39.5 Å². The monoisotopic (exact) mass is 252 g/mol. The van der Waals surface area contributed by atoms with Crippen molar-refractivity contribution in [2.24, 2.45) is 11.8 Å². The summed E-state index contributed by atoms with van der Waals surface area (Å²) in [5, 5.41) is 3.79. The minimum Gasteiger partial charge on any atom is -0.374 e. The van der Waals surface area contributed by atoms with Crippen LogP contribution >= 0.6 is 0 Å². The summed E-state index contributed by atoms with van der Waals surface area (Å²) in [7, 11) is 0. The van der Waals surface area contributed by atoms with Crippen LogP contribution in [0.3, 0.4) is 0 Å². The van der Waals surface area contributed by atoms with Crippen molar-refractivity contribution < 1.29 is 4.74 Å². The van der Waals surface area contributed by atoms with Crippen molar-refractivity contribution in [2.45, 2.75) is 57.7 Å². The Bertz CT molecular complexity index is 282. The third kappa shape index (κ3) is 2.73. The molecule has 1 aliphatic heterocycles. The Labute approximate surface area is 111 Å². The number of nitrogens with one attached hydrogen (secondary N) is 1. The molecule has 4 atom stereocenters. The van der Waals surface area contributed by atoms with Crippen LogP contribution < -0.4 is 5.32 Å². The van der Waals surface area contributed by atoms with Crippen LogP contribution in [0.2, 0.25) is 0 Å². The molecule has 3 aliphatic rings. The summed E-state index contributed by atoms with van der Waals surface area (Å²) >= 11 is 0. The summed E-state index contributed by atoms with van der Waals surface area (Å²) in [5.41, 5.74) is 0. The van der Waals surface area contributed by atoms with E-state index in [1.54, 1.807) is 0 Å². The zero-order valence-corrected chi connectivity index (χ0v) is 11.9. The molecule has 3 heteroatoms. The fourth-order valence-corrected chi connectivity index (χ4v) is 4.11. The van der Waals surface area contributed by atoms with Gasteiger partial charge in [-0.2, -0.15) is 0 Å². The maximum Gasteiger partial charge on any atom is 0.0826 e. The molecule has 0 amide bonds. The topological polar surface area (TPSA) is 24.5 Å². The molecule has 0 aromatic rings. The highest BCUT2D eigenvalue weighted by atomic mass is 16.5. The third-order valence-corrected chi connectivity index (χ3v) is 5.25. The summed E-state index contributed by atoms with van der Waals surface area (Å²) in [4.78, 5) is 2.54. The number of fused-ring (bicyclic) bond motifs is 2. The van der Waals surface area contributed by atoms with Crippen molar-refractivity contribution in [1.29, 1.82) is 0 Å². The summed E-state index contributed by atoms with van der Waals surface area (Å²) < 4.78 is 5.89. The Hall–Kier alpha value is -0.120. The standard InChI is InChI=1S/C15H28N2O/c1-11(2)17-5-6-18-14(10-17)9-16-15-8-12-3-4-13(15)7-12/h11-16H,3-10H2,1-2H3. The first kappa shape index (κ1) is 12.9. The van der Waals surface area contributed by atoms with Crippen LogP contribution in [0.4, 0.5) is 0 Å². The van der Waals surface area contributed by atoms with Gasteiger partial charge in [0.05, 0.1) is 12.7 Å². The Morgan fingerprint density at radius 2 is 2.17 bits per heavy atom. The normalized spacial score (nSPS) is 40.8. The first-order chi connectivity index (χ1) is 8.72. The fraction of sp³-hybridized carbons (Fsp3) is 1.00. The zero-order valence-electron chi connectivity index (χ0n) is 11.9. The molecular weight excluding hydrogens is 224 g/mol. The van der Waals surface area contributed by atoms with Crippen LogP contribution in [0.25, 0.3) is 0 Å². The van der Waals surface area contributed by atoms with Gasteiger partial charge < -0.3 is 10.1 Å². The molecule has 3 rings (SSSR count). The molecule has 0 aromatic heterocycles. The highest BCUT2D eigenvalue weighted by molar-refractivity contribution is 4.94. The van der Waals surface area contributed by atoms with Gasteiger partial charge in [0.15, 0.2) is 0 Å². The molecular formula is C15H28N2O. The van der Waals surface area contributed by atoms with Crippen molar-refractivity contribution >= 4 is 0 Å². The van der Waals surface area contributed by atoms with E-state index >= 15 is 0 Å². The van der Waals surface area contributed by atoms with E-state index in [4.69, 9.17) is 4.74 Å². The van der Waals surface area contributed by atoms with Gasteiger partial charge in [0.2, 0.25) is 0 Å². The lowest BCUT2D eigenvalue weighted by Crippen LogP contribution is -2.50. The molecule has 4 unspecified atom stereocenters. The van der Waals surface area contributed by atoms with Crippen LogP contribution in [-0.2, 0) is 4.74 Å². The molecule has 1 N–H and O–H groups in total. The van der Waals surface area contributed by atoms with E-state index < -0.39 is 0 Å². The Balaban J connectivity index is 1.43. The summed E-state index contributed by atoms with van der Waals surface area (Å²) in [6, 6.07) is 1.45. The Kier molecular flexibility index (Phi) is 3.92. The number of hydrogen-bond donors (Lipinski definition) is 1. The molecule has 2 saturated carbocycles. The zero-order chi connectivity index (χ0) is 12.5. The molecule has 1 heterocycles. The maximum absolute atomic E-state index is 5.89. The van der Waals surface area contributed by atoms with Crippen molar-refractivity contribution in [3.63, 3.8) is 0 Å². The molecule has 104 valence electrons. The van der Waals surface area contributed by atoms with Crippen LogP contribution in [0.5, 0.6) is 0 Å². The van der Waals surface area contributed by atoms with E-state index in [1.807, 2.05) is 0 Å². The van der Waals surface area contributed by atoms with E-state index in [-0.39, 0.29) is 0 Å². The highest BCUT2D eigenvalue weighted by Crippen LogP contribution is 2.44. The number of rotatable bonds is 4. The van der Waals surface area contributed by atoms with Gasteiger partial charge in [-0.25, -0.2) is 0 Å². The predicted octanol–water partition coefficient (Wildman–Crippen LogP) is 1.87. The minimum absolute atomic E-state index is 0.403. The number of morpholine rings is 1. The van der Waals surface area contributed by atoms with Crippen molar-refractivity contribution in [3.8, 4) is 0 Å². The first-order valence-electron chi connectivity index (χ1n) is 7.81. The van der Waals surface area contributed by atoms with Gasteiger partial charge >= 0.3 is 0 Å². The molecule has 1 saturated heterocycles. The van der Waals surface area contributed by atoms with Gasteiger partial charge in [0.1, 0.15) is 0 Å². The fourth-order valence-electron chi connectivity index (χ4n) is 4.11. The first-order valence-corrected chi connectivity index (χ1v) is 7.81. The van der Waals surface area contributed by atoms with Crippen molar-refractivity contribution in [2.75, 3.05) is 26.2 Å². The van der Waals surface area contributed by atoms with Crippen molar-refractivity contribution in [3.05, 3.63) is 0 Å². The molecule has 3 nitrogen and oxygen atoms in total. The van der Waals surface area contributed by atoms with Crippen LogP contribution in [0, 0.1) is 11.8 Å². The van der Waals surface area contributed by atoms with Crippen LogP contribution in [-0.4, -0.2) is 49.3 Å². The lowest BCUT2D eigenvalue weighted by Gasteiger charge is -2.36. The second kappa shape index (κ2) is 5.48. The van der Waals surface area contributed by atoms with Gasteiger partial charge in [-0.15, -0.1) is 0 Å². The Morgan fingerprint density at radius 1 is 1.28 bits per heavy atom. The van der Waals surface area contributed by atoms with Crippen molar-refractivity contribution in [1.82, 2.24) is 10.2 Å². The summed E-state index contributed by atoms with van der Waals surface area (Å²) in [5.74, 6) is 2.01. The highest BCUT2D eigenvalue weighted by Gasteiger charge is 2.39. The van der Waals surface area contributed by atoms with E-state index in [1.165, 1.54) is 25.7 Å². The SMILES string of the molecule is CC(C)N1CCOC(CNC2CC3CCC2C3)C1. The molecule has 2 bridgehead atoms. The van der Waals surface area contributed by atoms with Crippen LogP contribution in [0.15, 0.2) is 0 Å². The summed E-state index contributed by atoms with van der Waals surface area (Å²) in [6.07, 6.45) is 6.27. The molecule has 0 aromatic carbocycles. The molecule has 0 spiro atoms. The molecule has 3 fully saturated rings. The molecule has 0 radical (unpaired) electrons. The quantitative estimate of drug-likeness (QED) is 0.827. The minimum atomic E-state index is 0.403. The van der Waals surface area contributed by atoms with Gasteiger partial charge in [-0.3, -0.25) is 4.90 Å². The summed E-state index contributed by atoms with van der Waals surface area (Å²) in [6.45, 7) is 8.73. The molecule has 18 heavy (non-hydrogen) atoms. The van der Waals surface area contributed by atoms with Gasteiger partial charge in [0, 0.05) is 31.7 Å². The van der Waals surface area contributed by atoms with Gasteiger partial charge in [0.25, 0.3) is 0 Å². The lowest BCUT2D eigenvalue weighted by atomic mass is 9.95. The van der Waals surface area contributed by atoms with E-state index in [0.29, 0.717) is 12.1 Å². The van der Waals surface area contributed by atoms with E-state index in [2.05, 4.69) is 24.1 Å². The average Bonchev–Trinajstić information content (AvgIpc) is 2.99. The second-order valence-electron chi connectivity index (χ2n) is 6.77. The van der Waals surface area contributed by atoms with E-state index in [9.17, 15) is 0 Å². The Morgan fingerprint density at radius 3 is 2.83 bits per heavy atom. The maximum atomic E-state index is 5.89. The van der Waals surface area contributed by atoms with E-state index in [0.717, 1.165) is 44.1 Å². The average molecular weight is 252 g/mol. The number of hydrogen-bond acceptors (Lipinski definition) is 3. The predicted molar refractivity (Wildman–Crippen MR) is 73.7 cm³/mol. The second-order valence-corrected chi connectivity index (χ2v) is 6.77. The lowest BCUT2D eigenvalue weighted by molar-refractivity contribution is -0.0387. The number of nitrogens with zero attached hydrogens (tertiary/aromatic N) is 1. The molecule has 2 aliphatic carbocycles. The number of ether oxygens (including phenoxy) is 1. The van der Waals surface area contributed by atoms with Gasteiger partial charge in [-0.1, -0.05) is 6.42 Å². The smallest absolute Gasteiger partial charge is 0.0826 e. The van der Waals surface area contributed by atoms with Gasteiger partial charge in [-0.05, 0) is 44.9 Å². The largest absolute Gasteiger partial charge is 0.374 e.